The highest BCUT2D eigenvalue weighted by molar-refractivity contribution is 7.92. The van der Waals surface area contributed by atoms with Gasteiger partial charge in [-0.3, -0.25) is 4.72 Å². The summed E-state index contributed by atoms with van der Waals surface area (Å²) < 4.78 is 26.7. The first-order valence-corrected chi connectivity index (χ1v) is 7.45. The molecule has 0 atom stereocenters. The van der Waals surface area contributed by atoms with Crippen LogP contribution in [0.5, 0.6) is 0 Å². The van der Waals surface area contributed by atoms with Crippen LogP contribution in [0.25, 0.3) is 0 Å². The molecular formula is C13H12N2O2S2. The molecule has 0 aliphatic carbocycles. The number of rotatable bonds is 5. The van der Waals surface area contributed by atoms with Crippen molar-refractivity contribution in [2.24, 2.45) is 0 Å². The molecule has 0 aliphatic rings. The second-order valence-electron chi connectivity index (χ2n) is 3.76. The van der Waals surface area contributed by atoms with Gasteiger partial charge in [0.2, 0.25) is 0 Å². The number of hydrogen-bond acceptors (Lipinski definition) is 3. The summed E-state index contributed by atoms with van der Waals surface area (Å²) in [6, 6.07) is 15.1. The molecule has 2 rings (SSSR count). The van der Waals surface area contributed by atoms with E-state index in [1.165, 1.54) is 17.6 Å². The van der Waals surface area contributed by atoms with Gasteiger partial charge in [-0.25, -0.2) is 8.42 Å². The Bertz CT molecular complexity index is 653. The Balaban J connectivity index is 2.22. The van der Waals surface area contributed by atoms with Gasteiger partial charge in [-0.1, -0.05) is 30.4 Å². The molecule has 2 aromatic carbocycles. The first-order valence-electron chi connectivity index (χ1n) is 5.50. The highest BCUT2D eigenvalue weighted by Gasteiger charge is 2.13. The minimum absolute atomic E-state index is 0.200. The molecule has 2 aromatic rings. The number of sulfonamides is 1. The van der Waals surface area contributed by atoms with Crippen LogP contribution in [0.3, 0.4) is 0 Å². The van der Waals surface area contributed by atoms with Crippen LogP contribution in [0.1, 0.15) is 0 Å². The molecule has 0 saturated heterocycles. The van der Waals surface area contributed by atoms with Crippen molar-refractivity contribution in [2.75, 3.05) is 10.0 Å². The van der Waals surface area contributed by atoms with E-state index >= 15 is 0 Å². The van der Waals surface area contributed by atoms with Gasteiger partial charge in [0.15, 0.2) is 0 Å². The Morgan fingerprint density at radius 1 is 0.895 bits per heavy atom. The average Bonchev–Trinajstić information content (AvgIpc) is 2.40. The topological polar surface area (TPSA) is 58.2 Å². The smallest absolute Gasteiger partial charge is 0.261 e. The summed E-state index contributed by atoms with van der Waals surface area (Å²) in [6.07, 6.45) is 0. The molecule has 0 heterocycles. The van der Waals surface area contributed by atoms with Gasteiger partial charge in [-0.05, 0) is 36.4 Å². The molecule has 2 N–H and O–H groups in total. The Kier molecular flexibility index (Phi) is 4.13. The lowest BCUT2D eigenvalue weighted by Gasteiger charge is -2.08. The lowest BCUT2D eigenvalue weighted by Crippen LogP contribution is -2.12. The molecule has 0 spiro atoms. The average molecular weight is 292 g/mol. The van der Waals surface area contributed by atoms with Gasteiger partial charge in [0, 0.05) is 11.4 Å². The molecule has 98 valence electrons. The van der Waals surface area contributed by atoms with Crippen LogP contribution in [0.2, 0.25) is 0 Å². The van der Waals surface area contributed by atoms with Crippen molar-refractivity contribution in [3.63, 3.8) is 0 Å². The van der Waals surface area contributed by atoms with Crippen LogP contribution in [0.15, 0.2) is 59.5 Å². The predicted octanol–water partition coefficient (Wildman–Crippen LogP) is 2.86. The predicted molar refractivity (Wildman–Crippen MR) is 81.0 cm³/mol. The zero-order valence-corrected chi connectivity index (χ0v) is 11.5. The molecule has 0 aromatic heterocycles. The van der Waals surface area contributed by atoms with Gasteiger partial charge in [0.25, 0.3) is 10.0 Å². The van der Waals surface area contributed by atoms with Gasteiger partial charge in [-0.2, -0.15) is 0 Å². The summed E-state index contributed by atoms with van der Waals surface area (Å²) in [7, 11) is -3.56. The van der Waals surface area contributed by atoms with Gasteiger partial charge < -0.3 is 5.32 Å². The van der Waals surface area contributed by atoms with E-state index in [1.54, 1.807) is 36.4 Å². The van der Waals surface area contributed by atoms with Crippen molar-refractivity contribution in [1.29, 1.82) is 0 Å². The molecule has 0 unspecified atom stereocenters. The lowest BCUT2D eigenvalue weighted by molar-refractivity contribution is 0.601. The molecule has 4 nitrogen and oxygen atoms in total. The Labute approximate surface area is 117 Å². The zero-order valence-electron chi connectivity index (χ0n) is 9.91. The fourth-order valence-corrected chi connectivity index (χ4v) is 2.71. The summed E-state index contributed by atoms with van der Waals surface area (Å²) in [5.74, 6) is 0. The molecule has 0 aliphatic heterocycles. The highest BCUT2D eigenvalue weighted by Crippen LogP contribution is 2.17. The van der Waals surface area contributed by atoms with Crippen LogP contribution in [-0.2, 0) is 10.0 Å². The SMILES string of the molecule is O=S(=O)(Nc1ccccc1)c1ccc(NC=S)cc1. The van der Waals surface area contributed by atoms with Crippen LogP contribution in [0.4, 0.5) is 11.4 Å². The van der Waals surface area contributed by atoms with Crippen LogP contribution in [-0.4, -0.2) is 13.9 Å². The maximum atomic E-state index is 12.1. The number of hydrogen-bond donors (Lipinski definition) is 2. The van der Waals surface area contributed by atoms with Gasteiger partial charge in [-0.15, -0.1) is 0 Å². The van der Waals surface area contributed by atoms with Gasteiger partial charge in [0.05, 0.1) is 10.4 Å². The minimum atomic E-state index is -3.56. The van der Waals surface area contributed by atoms with Gasteiger partial charge in [0.1, 0.15) is 0 Å². The Morgan fingerprint density at radius 2 is 1.53 bits per heavy atom. The maximum absolute atomic E-state index is 12.1. The number of nitrogens with one attached hydrogen (secondary N) is 2. The summed E-state index contributed by atoms with van der Waals surface area (Å²) in [6.45, 7) is 0. The lowest BCUT2D eigenvalue weighted by atomic mass is 10.3. The van der Waals surface area contributed by atoms with E-state index in [4.69, 9.17) is 0 Å². The third kappa shape index (κ3) is 3.52. The summed E-state index contributed by atoms with van der Waals surface area (Å²) in [5.41, 5.74) is 2.64. The number of anilines is 2. The summed E-state index contributed by atoms with van der Waals surface area (Å²) in [5, 5.41) is 2.81. The second kappa shape index (κ2) is 5.81. The fraction of sp³-hybridized carbons (Fsp3) is 0. The standard InChI is InChI=1S/C13H12N2O2S2/c16-19(17,15-12-4-2-1-3-5-12)13-8-6-11(7-9-13)14-10-18/h1-10,15H,(H,14,18). The molecule has 0 radical (unpaired) electrons. The van der Waals surface area contributed by atoms with E-state index in [-0.39, 0.29) is 4.90 Å². The van der Waals surface area contributed by atoms with E-state index < -0.39 is 10.0 Å². The number of thiocarbonyl (C=S) groups is 1. The van der Waals surface area contributed by atoms with E-state index in [1.807, 2.05) is 6.07 Å². The fourth-order valence-electron chi connectivity index (χ4n) is 1.52. The van der Waals surface area contributed by atoms with Crippen LogP contribution >= 0.6 is 12.2 Å². The third-order valence-electron chi connectivity index (χ3n) is 2.42. The Morgan fingerprint density at radius 3 is 2.11 bits per heavy atom. The van der Waals surface area contributed by atoms with E-state index in [9.17, 15) is 8.42 Å². The molecule has 0 fully saturated rings. The first kappa shape index (κ1) is 13.5. The van der Waals surface area contributed by atoms with Crippen LogP contribution < -0.4 is 10.0 Å². The normalized spacial score (nSPS) is 10.7. The third-order valence-corrected chi connectivity index (χ3v) is 3.93. The largest absolute Gasteiger partial charge is 0.353 e. The molecule has 6 heteroatoms. The van der Waals surface area contributed by atoms with Crippen LogP contribution in [0, 0.1) is 0 Å². The van der Waals surface area contributed by atoms with E-state index in [0.29, 0.717) is 5.69 Å². The number of benzene rings is 2. The molecular weight excluding hydrogens is 280 g/mol. The molecule has 0 bridgehead atoms. The molecule has 0 saturated carbocycles. The quantitative estimate of drug-likeness (QED) is 0.832. The molecule has 19 heavy (non-hydrogen) atoms. The van der Waals surface area contributed by atoms with Gasteiger partial charge >= 0.3 is 0 Å². The van der Waals surface area contributed by atoms with Crippen molar-refractivity contribution >= 4 is 39.1 Å². The van der Waals surface area contributed by atoms with Crippen molar-refractivity contribution < 1.29 is 8.42 Å². The van der Waals surface area contributed by atoms with E-state index in [0.717, 1.165) is 5.69 Å². The second-order valence-corrected chi connectivity index (χ2v) is 5.68. The van der Waals surface area contributed by atoms with Crippen molar-refractivity contribution in [3.8, 4) is 0 Å². The zero-order chi connectivity index (χ0) is 13.7. The summed E-state index contributed by atoms with van der Waals surface area (Å²) in [4.78, 5) is 0.200. The highest BCUT2D eigenvalue weighted by atomic mass is 32.2. The van der Waals surface area contributed by atoms with Crippen molar-refractivity contribution in [1.82, 2.24) is 0 Å². The minimum Gasteiger partial charge on any atom is -0.353 e. The molecule has 0 amide bonds. The number of para-hydroxylation sites is 1. The van der Waals surface area contributed by atoms with Crippen molar-refractivity contribution in [3.05, 3.63) is 54.6 Å². The first-order chi connectivity index (χ1) is 9.12. The maximum Gasteiger partial charge on any atom is 0.261 e. The monoisotopic (exact) mass is 292 g/mol. The summed E-state index contributed by atoms with van der Waals surface area (Å²) >= 11 is 4.66. The van der Waals surface area contributed by atoms with Crippen molar-refractivity contribution in [2.45, 2.75) is 4.90 Å². The Hall–Kier alpha value is -1.92. The van der Waals surface area contributed by atoms with E-state index in [2.05, 4.69) is 22.3 Å².